The number of nitrogens with zero attached hydrogens (tertiary/aromatic N) is 1. The zero-order chi connectivity index (χ0) is 12.8. The highest BCUT2D eigenvalue weighted by Gasteiger charge is 2.18. The van der Waals surface area contributed by atoms with Crippen LogP contribution in [0.1, 0.15) is 20.8 Å². The van der Waals surface area contributed by atoms with Gasteiger partial charge in [-0.25, -0.2) is 16.8 Å². The van der Waals surface area contributed by atoms with Gasteiger partial charge in [-0.2, -0.15) is 0 Å². The normalized spacial score (nSPS) is 13.2. The molecule has 0 amide bonds. The second kappa shape index (κ2) is 6.47. The fraction of sp³-hybridized carbons (Fsp3) is 1.00. The van der Waals surface area contributed by atoms with Crippen LogP contribution in [0.5, 0.6) is 0 Å². The van der Waals surface area contributed by atoms with Crippen molar-refractivity contribution in [2.75, 3.05) is 18.1 Å². The molecule has 16 heavy (non-hydrogen) atoms. The molecule has 2 N–H and O–H groups in total. The molecule has 0 unspecified atom stereocenters. The molecule has 98 valence electrons. The lowest BCUT2D eigenvalue weighted by Gasteiger charge is -2.20. The fourth-order valence-electron chi connectivity index (χ4n) is 0.582. The summed E-state index contributed by atoms with van der Waals surface area (Å²) in [5.41, 5.74) is 0. The maximum Gasteiger partial charge on any atom is 0.227 e. The van der Waals surface area contributed by atoms with Gasteiger partial charge in [0.05, 0.1) is 18.1 Å². The van der Waals surface area contributed by atoms with Crippen LogP contribution < -0.4 is 9.66 Å². The zero-order valence-electron chi connectivity index (χ0n) is 9.43. The first-order valence-corrected chi connectivity index (χ1v) is 8.00. The number of hydrogen-bond donors (Lipinski definition) is 2. The Labute approximate surface area is 96.0 Å². The lowest BCUT2D eigenvalue weighted by Crippen LogP contribution is -2.53. The van der Waals surface area contributed by atoms with E-state index in [4.69, 9.17) is 4.84 Å². The minimum atomic E-state index is -3.60. The van der Waals surface area contributed by atoms with Gasteiger partial charge in [0, 0.05) is 0 Å². The first-order valence-electron chi connectivity index (χ1n) is 4.69. The Balaban J connectivity index is 4.64. The molecule has 0 radical (unpaired) electrons. The Hall–Kier alpha value is -0.260. The Morgan fingerprint density at radius 2 is 1.31 bits per heavy atom. The maximum atomic E-state index is 11.2. The van der Waals surface area contributed by atoms with Crippen molar-refractivity contribution >= 4 is 20.0 Å². The van der Waals surface area contributed by atoms with E-state index in [1.165, 1.54) is 13.8 Å². The van der Waals surface area contributed by atoms with Crippen molar-refractivity contribution in [2.24, 2.45) is 0 Å². The van der Waals surface area contributed by atoms with Gasteiger partial charge < -0.3 is 0 Å². The van der Waals surface area contributed by atoms with Crippen molar-refractivity contribution in [2.45, 2.75) is 20.8 Å². The van der Waals surface area contributed by atoms with Crippen LogP contribution in [0.15, 0.2) is 0 Å². The van der Waals surface area contributed by atoms with Crippen molar-refractivity contribution in [3.05, 3.63) is 0 Å². The smallest absolute Gasteiger partial charge is 0.227 e. The van der Waals surface area contributed by atoms with Crippen molar-refractivity contribution in [3.63, 3.8) is 0 Å². The minimum absolute atomic E-state index is 0.110. The Bertz CT molecular complexity index is 354. The van der Waals surface area contributed by atoms with Crippen molar-refractivity contribution in [3.8, 4) is 0 Å². The predicted octanol–water partition coefficient (Wildman–Crippen LogP) is -1.05. The second-order valence-electron chi connectivity index (χ2n) is 2.70. The van der Waals surface area contributed by atoms with Crippen LogP contribution in [0.2, 0.25) is 0 Å². The number of rotatable bonds is 8. The Morgan fingerprint density at radius 1 is 0.938 bits per heavy atom. The standard InChI is InChI=1S/C6H17N3O5S2/c1-4-14-9(7-15(10,11)5-2)8-16(12,13)6-3/h7-8H,4-6H2,1-3H3. The molecular weight excluding hydrogens is 258 g/mol. The molecule has 10 heteroatoms. The van der Waals surface area contributed by atoms with E-state index in [2.05, 4.69) is 0 Å². The summed E-state index contributed by atoms with van der Waals surface area (Å²) in [6.45, 7) is 4.54. The molecular formula is C6H17N3O5S2. The van der Waals surface area contributed by atoms with Gasteiger partial charge in [0.15, 0.2) is 0 Å². The summed E-state index contributed by atoms with van der Waals surface area (Å²) < 4.78 is 44.8. The fourth-order valence-corrected chi connectivity index (χ4v) is 1.60. The van der Waals surface area contributed by atoms with E-state index in [1.54, 1.807) is 6.92 Å². The molecule has 0 saturated heterocycles. The van der Waals surface area contributed by atoms with Crippen LogP contribution in [0.3, 0.4) is 0 Å². The number of hydrogen-bond acceptors (Lipinski definition) is 6. The maximum absolute atomic E-state index is 11.2. The first kappa shape index (κ1) is 15.7. The summed E-state index contributed by atoms with van der Waals surface area (Å²) in [5.74, 6) is -0.380. The quantitative estimate of drug-likeness (QED) is 0.548. The molecule has 0 aromatic carbocycles. The third-order valence-corrected chi connectivity index (χ3v) is 3.87. The topological polar surface area (TPSA) is 105 Å². The molecule has 8 nitrogen and oxygen atoms in total. The minimum Gasteiger partial charge on any atom is -0.268 e. The van der Waals surface area contributed by atoms with Crippen LogP contribution in [-0.2, 0) is 24.9 Å². The van der Waals surface area contributed by atoms with Crippen LogP contribution in [0, 0.1) is 0 Å². The lowest BCUT2D eigenvalue weighted by atomic mass is 10.9. The van der Waals surface area contributed by atoms with Crippen molar-refractivity contribution in [1.82, 2.24) is 14.9 Å². The van der Waals surface area contributed by atoms with Crippen molar-refractivity contribution < 1.29 is 21.7 Å². The average molecular weight is 275 g/mol. The van der Waals surface area contributed by atoms with Gasteiger partial charge in [0.2, 0.25) is 20.0 Å². The van der Waals surface area contributed by atoms with Gasteiger partial charge in [-0.3, -0.25) is 4.84 Å². The zero-order valence-corrected chi connectivity index (χ0v) is 11.1. The largest absolute Gasteiger partial charge is 0.268 e. The lowest BCUT2D eigenvalue weighted by molar-refractivity contribution is -0.192. The number of nitrogens with one attached hydrogen (secondary N) is 2. The summed E-state index contributed by atoms with van der Waals surface area (Å²) in [4.78, 5) is 8.62. The van der Waals surface area contributed by atoms with Gasteiger partial charge in [-0.15, -0.1) is 9.66 Å². The molecule has 0 aliphatic heterocycles. The van der Waals surface area contributed by atoms with Crippen LogP contribution >= 0.6 is 0 Å². The third kappa shape index (κ3) is 6.35. The molecule has 0 atom stereocenters. The highest BCUT2D eigenvalue weighted by atomic mass is 32.2. The molecule has 0 bridgehead atoms. The summed E-state index contributed by atoms with van der Waals surface area (Å²) in [7, 11) is -7.20. The number of sulfonamides is 2. The van der Waals surface area contributed by atoms with Gasteiger partial charge in [-0.1, -0.05) is 0 Å². The monoisotopic (exact) mass is 275 g/mol. The van der Waals surface area contributed by atoms with Gasteiger partial charge in [0.1, 0.15) is 0 Å². The molecule has 0 aromatic rings. The van der Waals surface area contributed by atoms with Crippen LogP contribution in [0.4, 0.5) is 0 Å². The summed E-state index contributed by atoms with van der Waals surface area (Å²) >= 11 is 0. The highest BCUT2D eigenvalue weighted by molar-refractivity contribution is 7.90. The highest BCUT2D eigenvalue weighted by Crippen LogP contribution is 1.91. The van der Waals surface area contributed by atoms with E-state index in [0.29, 0.717) is 5.28 Å². The molecule has 0 heterocycles. The van der Waals surface area contributed by atoms with Gasteiger partial charge >= 0.3 is 0 Å². The van der Waals surface area contributed by atoms with Gasteiger partial charge in [-0.05, 0) is 26.1 Å². The molecule has 0 aromatic heterocycles. The van der Waals surface area contributed by atoms with E-state index in [1.807, 2.05) is 9.66 Å². The Morgan fingerprint density at radius 3 is 1.56 bits per heavy atom. The Kier molecular flexibility index (Phi) is 6.36. The molecule has 0 fully saturated rings. The molecule has 0 aliphatic carbocycles. The summed E-state index contributed by atoms with van der Waals surface area (Å²) in [5, 5.41) is 0.484. The van der Waals surface area contributed by atoms with Crippen molar-refractivity contribution in [1.29, 1.82) is 0 Å². The first-order chi connectivity index (χ1) is 7.26. The van der Waals surface area contributed by atoms with Crippen LogP contribution in [-0.4, -0.2) is 40.2 Å². The third-order valence-electron chi connectivity index (χ3n) is 1.46. The molecule has 0 spiro atoms. The summed E-state index contributed by atoms with van der Waals surface area (Å²) in [6, 6.07) is 0. The average Bonchev–Trinajstić information content (AvgIpc) is 2.17. The van der Waals surface area contributed by atoms with E-state index in [9.17, 15) is 16.8 Å². The summed E-state index contributed by atoms with van der Waals surface area (Å²) in [6.07, 6.45) is 0. The predicted molar refractivity (Wildman–Crippen MR) is 58.7 cm³/mol. The second-order valence-corrected chi connectivity index (χ2v) is 6.68. The van der Waals surface area contributed by atoms with E-state index in [0.717, 1.165) is 0 Å². The molecule has 0 saturated carbocycles. The van der Waals surface area contributed by atoms with E-state index < -0.39 is 20.0 Å². The van der Waals surface area contributed by atoms with E-state index in [-0.39, 0.29) is 18.1 Å². The number of hydrazine groups is 2. The SMILES string of the molecule is CCON(NS(=O)(=O)CC)NS(=O)(=O)CC. The van der Waals surface area contributed by atoms with Crippen LogP contribution in [0.25, 0.3) is 0 Å². The molecule has 0 aliphatic rings. The molecule has 0 rings (SSSR count). The van der Waals surface area contributed by atoms with Gasteiger partial charge in [0.25, 0.3) is 0 Å². The van der Waals surface area contributed by atoms with E-state index >= 15 is 0 Å².